The molecule has 0 radical (unpaired) electrons. The minimum atomic E-state index is -3.70. The van der Waals surface area contributed by atoms with E-state index < -0.39 is 10.0 Å². The van der Waals surface area contributed by atoms with Gasteiger partial charge in [0.25, 0.3) is 10.0 Å². The monoisotopic (exact) mass is 259 g/mol. The van der Waals surface area contributed by atoms with Crippen LogP contribution in [0.4, 0.5) is 5.82 Å². The van der Waals surface area contributed by atoms with E-state index in [1.165, 1.54) is 24.7 Å². The second-order valence-corrected chi connectivity index (χ2v) is 4.79. The Morgan fingerprint density at radius 3 is 2.69 bits per heavy atom. The molecule has 2 heterocycles. The number of sulfonamides is 1. The quantitative estimate of drug-likeness (QED) is 0.843. The number of hydrogen-bond acceptors (Lipinski definition) is 5. The van der Waals surface area contributed by atoms with E-state index in [-0.39, 0.29) is 16.0 Å². The molecule has 0 unspecified atom stereocenters. The zero-order chi connectivity index (χ0) is 11.6. The van der Waals surface area contributed by atoms with Gasteiger partial charge in [-0.05, 0) is 6.07 Å². The molecule has 0 atom stereocenters. The van der Waals surface area contributed by atoms with Gasteiger partial charge in [0.1, 0.15) is 5.15 Å². The van der Waals surface area contributed by atoms with E-state index in [1.807, 2.05) is 0 Å². The Hall–Kier alpha value is -1.67. The highest BCUT2D eigenvalue weighted by atomic mass is 35.5. The van der Waals surface area contributed by atoms with Crippen LogP contribution in [0.5, 0.6) is 0 Å². The molecule has 0 saturated carbocycles. The van der Waals surface area contributed by atoms with E-state index in [0.717, 1.165) is 0 Å². The van der Waals surface area contributed by atoms with Gasteiger partial charge in [-0.1, -0.05) is 11.6 Å². The minimum Gasteiger partial charge on any atom is -0.266 e. The molecule has 0 aliphatic rings. The molecule has 2 N–H and O–H groups in total. The largest absolute Gasteiger partial charge is 0.280 e. The molecule has 16 heavy (non-hydrogen) atoms. The van der Waals surface area contributed by atoms with Crippen LogP contribution in [0.1, 0.15) is 0 Å². The van der Waals surface area contributed by atoms with E-state index in [9.17, 15) is 8.42 Å². The number of nitrogens with zero attached hydrogens (tertiary/aromatic N) is 3. The second-order valence-electron chi connectivity index (χ2n) is 2.75. The molecule has 0 amide bonds. The van der Waals surface area contributed by atoms with Gasteiger partial charge in [-0.2, -0.15) is 13.5 Å². The fraction of sp³-hybridized carbons (Fsp3) is 0. The van der Waals surface area contributed by atoms with E-state index in [2.05, 4.69) is 24.9 Å². The molecule has 2 aromatic heterocycles. The Kier molecular flexibility index (Phi) is 2.75. The van der Waals surface area contributed by atoms with Gasteiger partial charge in [-0.25, -0.2) is 9.97 Å². The number of nitrogens with one attached hydrogen (secondary N) is 2. The molecule has 0 aliphatic heterocycles. The van der Waals surface area contributed by atoms with E-state index in [0.29, 0.717) is 0 Å². The van der Waals surface area contributed by atoms with Crippen molar-refractivity contribution in [1.82, 2.24) is 20.2 Å². The topological polar surface area (TPSA) is 101 Å². The summed E-state index contributed by atoms with van der Waals surface area (Å²) in [5.41, 5.74) is 0. The number of hydrogen-bond donors (Lipinski definition) is 2. The lowest BCUT2D eigenvalue weighted by molar-refractivity contribution is 0.597. The van der Waals surface area contributed by atoms with Crippen molar-refractivity contribution in [3.63, 3.8) is 0 Å². The maximum absolute atomic E-state index is 11.7. The molecule has 0 saturated heterocycles. The predicted molar refractivity (Wildman–Crippen MR) is 56.4 cm³/mol. The first-order valence-corrected chi connectivity index (χ1v) is 5.94. The molecule has 9 heteroatoms. The molecule has 2 rings (SSSR count). The summed E-state index contributed by atoms with van der Waals surface area (Å²) < 4.78 is 25.5. The maximum atomic E-state index is 11.7. The number of aromatic nitrogens is 4. The van der Waals surface area contributed by atoms with Crippen LogP contribution < -0.4 is 4.72 Å². The van der Waals surface area contributed by atoms with Crippen LogP contribution in [0.15, 0.2) is 29.7 Å². The number of aromatic amines is 1. The van der Waals surface area contributed by atoms with Crippen LogP contribution in [0.25, 0.3) is 0 Å². The predicted octanol–water partition coefficient (Wildman–Crippen LogP) is 0.654. The normalized spacial score (nSPS) is 11.3. The highest BCUT2D eigenvalue weighted by molar-refractivity contribution is 7.92. The van der Waals surface area contributed by atoms with Crippen LogP contribution in [-0.4, -0.2) is 28.6 Å². The second kappa shape index (κ2) is 4.06. The highest BCUT2D eigenvalue weighted by Gasteiger charge is 2.15. The lowest BCUT2D eigenvalue weighted by atomic mass is 10.7. The van der Waals surface area contributed by atoms with E-state index in [4.69, 9.17) is 11.6 Å². The van der Waals surface area contributed by atoms with Crippen molar-refractivity contribution in [2.45, 2.75) is 5.03 Å². The standard InChI is InChI=1S/C7H6ClN5O2S/c8-5-3-10-6(4-9-5)13-16(14,15)7-1-2-11-12-7/h1-4H,(H,10,13)(H,11,12). The fourth-order valence-electron chi connectivity index (χ4n) is 0.950. The average Bonchev–Trinajstić information content (AvgIpc) is 2.75. The third-order valence-electron chi connectivity index (χ3n) is 1.62. The number of anilines is 1. The van der Waals surface area contributed by atoms with Gasteiger partial charge < -0.3 is 0 Å². The van der Waals surface area contributed by atoms with Crippen molar-refractivity contribution in [3.8, 4) is 0 Å². The van der Waals surface area contributed by atoms with Crippen molar-refractivity contribution >= 4 is 27.4 Å². The summed E-state index contributed by atoms with van der Waals surface area (Å²) in [6, 6.07) is 1.33. The Balaban J connectivity index is 2.25. The number of halogens is 1. The number of H-pyrrole nitrogens is 1. The van der Waals surface area contributed by atoms with Crippen molar-refractivity contribution in [1.29, 1.82) is 0 Å². The summed E-state index contributed by atoms with van der Waals surface area (Å²) in [5, 5.41) is 6.01. The van der Waals surface area contributed by atoms with Gasteiger partial charge in [0.2, 0.25) is 0 Å². The molecular weight excluding hydrogens is 254 g/mol. The average molecular weight is 260 g/mol. The summed E-state index contributed by atoms with van der Waals surface area (Å²) in [7, 11) is -3.70. The maximum Gasteiger partial charge on any atom is 0.280 e. The van der Waals surface area contributed by atoms with Crippen LogP contribution in [0.3, 0.4) is 0 Å². The summed E-state index contributed by atoms with van der Waals surface area (Å²) >= 11 is 5.52. The van der Waals surface area contributed by atoms with Crippen LogP contribution in [0, 0.1) is 0 Å². The first-order chi connectivity index (χ1) is 7.58. The van der Waals surface area contributed by atoms with Gasteiger partial charge in [-0.15, -0.1) is 0 Å². The number of rotatable bonds is 3. The minimum absolute atomic E-state index is 0.0516. The third kappa shape index (κ3) is 2.28. The Morgan fingerprint density at radius 2 is 2.12 bits per heavy atom. The van der Waals surface area contributed by atoms with Crippen LogP contribution in [0.2, 0.25) is 5.15 Å². The molecule has 7 nitrogen and oxygen atoms in total. The Morgan fingerprint density at radius 1 is 1.31 bits per heavy atom. The van der Waals surface area contributed by atoms with Crippen molar-refractivity contribution < 1.29 is 8.42 Å². The fourth-order valence-corrected chi connectivity index (χ4v) is 1.95. The molecule has 0 aromatic carbocycles. The molecule has 0 bridgehead atoms. The van der Waals surface area contributed by atoms with Crippen molar-refractivity contribution in [2.24, 2.45) is 0 Å². The smallest absolute Gasteiger partial charge is 0.266 e. The molecule has 2 aromatic rings. The van der Waals surface area contributed by atoms with Gasteiger partial charge in [-0.3, -0.25) is 9.82 Å². The van der Waals surface area contributed by atoms with Gasteiger partial charge in [0, 0.05) is 0 Å². The van der Waals surface area contributed by atoms with Gasteiger partial charge in [0.15, 0.2) is 10.8 Å². The Bertz CT molecular complexity index is 565. The van der Waals surface area contributed by atoms with E-state index >= 15 is 0 Å². The van der Waals surface area contributed by atoms with Crippen molar-refractivity contribution in [3.05, 3.63) is 29.8 Å². The van der Waals surface area contributed by atoms with E-state index in [1.54, 1.807) is 0 Å². The van der Waals surface area contributed by atoms with Crippen LogP contribution >= 0.6 is 11.6 Å². The zero-order valence-corrected chi connectivity index (χ0v) is 9.33. The van der Waals surface area contributed by atoms with Gasteiger partial charge in [0.05, 0.1) is 18.6 Å². The zero-order valence-electron chi connectivity index (χ0n) is 7.75. The Labute approximate surface area is 95.9 Å². The molecule has 0 spiro atoms. The SMILES string of the molecule is O=S(=O)(Nc1cnc(Cl)cn1)c1ccn[nH]1. The molecule has 84 valence electrons. The van der Waals surface area contributed by atoms with Gasteiger partial charge >= 0.3 is 0 Å². The summed E-state index contributed by atoms with van der Waals surface area (Å²) in [6.07, 6.45) is 3.80. The summed E-state index contributed by atoms with van der Waals surface area (Å²) in [5.74, 6) is 0.0824. The first-order valence-electron chi connectivity index (χ1n) is 4.08. The lowest BCUT2D eigenvalue weighted by Gasteiger charge is -2.03. The summed E-state index contributed by atoms with van der Waals surface area (Å²) in [6.45, 7) is 0. The first kappa shape index (κ1) is 10.8. The summed E-state index contributed by atoms with van der Waals surface area (Å²) in [4.78, 5) is 7.45. The van der Waals surface area contributed by atoms with Crippen molar-refractivity contribution in [2.75, 3.05) is 4.72 Å². The third-order valence-corrected chi connectivity index (χ3v) is 3.10. The van der Waals surface area contributed by atoms with Crippen LogP contribution in [-0.2, 0) is 10.0 Å². The molecular formula is C7H6ClN5O2S. The molecule has 0 aliphatic carbocycles. The molecule has 0 fully saturated rings. The highest BCUT2D eigenvalue weighted by Crippen LogP contribution is 2.11. The lowest BCUT2D eigenvalue weighted by Crippen LogP contribution is -2.14.